The summed E-state index contributed by atoms with van der Waals surface area (Å²) in [4.78, 5) is 30.5. The number of anilines is 1. The van der Waals surface area contributed by atoms with Crippen molar-refractivity contribution in [3.8, 4) is 10.6 Å². The molecule has 8 nitrogen and oxygen atoms in total. The molecule has 176 valence electrons. The standard InChI is InChI=1S/C24H30N4O4S/c1-27(2)17-6-8-19-21(15-17)33-22-16-18(7-9-20(22)26-19)28(3)12-4-5-23(29)25-11-14-32-13-10-24(30)31/h6-9,15-16H,4-5,10-14H2,1-3H3,(H-,25,29,30,31)/p+1. The molecule has 1 aromatic carbocycles. The van der Waals surface area contributed by atoms with Crippen LogP contribution in [0.2, 0.25) is 0 Å². The van der Waals surface area contributed by atoms with E-state index < -0.39 is 5.97 Å². The zero-order valence-electron chi connectivity index (χ0n) is 19.3. The van der Waals surface area contributed by atoms with Crippen LogP contribution in [0, 0.1) is 0 Å². The van der Waals surface area contributed by atoms with E-state index in [0.29, 0.717) is 19.6 Å². The smallest absolute Gasteiger partial charge is 0.305 e. The Morgan fingerprint density at radius 1 is 1.15 bits per heavy atom. The molecule has 0 saturated heterocycles. The molecule has 3 rings (SSSR count). The number of rotatable bonds is 11. The molecule has 0 bridgehead atoms. The number of benzene rings is 2. The first-order valence-corrected chi connectivity index (χ1v) is 11.8. The predicted molar refractivity (Wildman–Crippen MR) is 132 cm³/mol. The van der Waals surface area contributed by atoms with Gasteiger partial charge in [0.15, 0.2) is 0 Å². The van der Waals surface area contributed by atoms with E-state index in [1.807, 2.05) is 27.2 Å². The molecule has 0 fully saturated rings. The fourth-order valence-electron chi connectivity index (χ4n) is 3.34. The molecule has 2 aliphatic rings. The minimum Gasteiger partial charge on any atom is -0.481 e. The summed E-state index contributed by atoms with van der Waals surface area (Å²) >= 11 is 1.73. The molecule has 0 spiro atoms. The Hall–Kier alpha value is -3.04. The van der Waals surface area contributed by atoms with Crippen LogP contribution in [0.5, 0.6) is 0 Å². The quantitative estimate of drug-likeness (QED) is 0.253. The number of carboxylic acids is 1. The Kier molecular flexibility index (Phi) is 8.73. The summed E-state index contributed by atoms with van der Waals surface area (Å²) < 4.78 is 8.38. The zero-order chi connectivity index (χ0) is 23.8. The van der Waals surface area contributed by atoms with Crippen molar-refractivity contribution in [3.63, 3.8) is 0 Å². The third-order valence-corrected chi connectivity index (χ3v) is 6.32. The second-order valence-electron chi connectivity index (χ2n) is 8.04. The molecular formula is C24H31N4O4S+. The van der Waals surface area contributed by atoms with Crippen LogP contribution in [-0.4, -0.2) is 69.4 Å². The number of carboxylic acid groups (broad SMARTS) is 1. The maximum atomic E-state index is 12.0. The maximum Gasteiger partial charge on any atom is 0.305 e. The Morgan fingerprint density at radius 2 is 1.97 bits per heavy atom. The normalized spacial score (nSPS) is 11.0. The van der Waals surface area contributed by atoms with Crippen molar-refractivity contribution in [3.05, 3.63) is 41.8 Å². The van der Waals surface area contributed by atoms with Gasteiger partial charge in [0.1, 0.15) is 14.1 Å². The molecule has 1 aliphatic heterocycles. The van der Waals surface area contributed by atoms with Crippen molar-refractivity contribution in [2.75, 3.05) is 52.3 Å². The highest BCUT2D eigenvalue weighted by Gasteiger charge is 2.11. The number of hydrogen-bond donors (Lipinski definition) is 2. The van der Waals surface area contributed by atoms with E-state index in [1.165, 1.54) is 0 Å². The van der Waals surface area contributed by atoms with Gasteiger partial charge in [-0.3, -0.25) is 9.59 Å². The van der Waals surface area contributed by atoms with E-state index in [-0.39, 0.29) is 18.9 Å². The van der Waals surface area contributed by atoms with Crippen molar-refractivity contribution in [2.45, 2.75) is 19.3 Å². The summed E-state index contributed by atoms with van der Waals surface area (Å²) in [6.07, 6.45) is 1.13. The first-order chi connectivity index (χ1) is 15.8. The third-order valence-electron chi connectivity index (χ3n) is 5.23. The second-order valence-corrected chi connectivity index (χ2v) is 9.13. The first kappa shape index (κ1) is 24.6. The molecule has 1 aliphatic carbocycles. The molecule has 9 heteroatoms. The summed E-state index contributed by atoms with van der Waals surface area (Å²) in [5.74, 6) is -0.920. The fraction of sp³-hybridized carbons (Fsp3) is 0.417. The molecule has 0 atom stereocenters. The average Bonchev–Trinajstić information content (AvgIpc) is 2.78. The van der Waals surface area contributed by atoms with Crippen LogP contribution < -0.4 is 20.1 Å². The lowest BCUT2D eigenvalue weighted by Crippen LogP contribution is -2.28. The molecule has 0 aromatic heterocycles. The van der Waals surface area contributed by atoms with Crippen LogP contribution >= 0.6 is 11.3 Å². The number of fused-ring (bicyclic) bond motifs is 2. The number of amides is 1. The van der Waals surface area contributed by atoms with E-state index in [1.54, 1.807) is 11.3 Å². The highest BCUT2D eigenvalue weighted by Crippen LogP contribution is 2.31. The van der Waals surface area contributed by atoms with Crippen LogP contribution in [-0.2, 0) is 14.3 Å². The van der Waals surface area contributed by atoms with E-state index in [9.17, 15) is 9.59 Å². The molecule has 33 heavy (non-hydrogen) atoms. The van der Waals surface area contributed by atoms with Crippen LogP contribution in [0.3, 0.4) is 0 Å². The average molecular weight is 472 g/mol. The third kappa shape index (κ3) is 7.23. The zero-order valence-corrected chi connectivity index (χ0v) is 20.2. The lowest BCUT2D eigenvalue weighted by molar-refractivity contribution is -0.138. The summed E-state index contributed by atoms with van der Waals surface area (Å²) in [5.41, 5.74) is 3.07. The van der Waals surface area contributed by atoms with E-state index >= 15 is 0 Å². The molecule has 0 radical (unpaired) electrons. The SMILES string of the molecule is CN(CCCC(=O)NCCOCCC(=O)O)c1ccc2nc3ccc(=[N+](C)C)cc-3sc2c1. The van der Waals surface area contributed by atoms with Crippen LogP contribution in [0.1, 0.15) is 19.3 Å². The minimum atomic E-state index is -0.890. The maximum absolute atomic E-state index is 12.0. The number of aromatic nitrogens is 1. The molecular weight excluding hydrogens is 440 g/mol. The largest absolute Gasteiger partial charge is 0.481 e. The number of carbonyl (C=O) groups is 2. The number of ether oxygens (including phenoxy) is 1. The molecule has 2 N–H and O–H groups in total. The predicted octanol–water partition coefficient (Wildman–Crippen LogP) is 2.26. The van der Waals surface area contributed by atoms with Crippen molar-refractivity contribution < 1.29 is 19.4 Å². The first-order valence-electron chi connectivity index (χ1n) is 11.0. The van der Waals surface area contributed by atoms with Gasteiger partial charge in [0.05, 0.1) is 40.4 Å². The molecule has 1 amide bonds. The van der Waals surface area contributed by atoms with Gasteiger partial charge in [0, 0.05) is 44.4 Å². The van der Waals surface area contributed by atoms with Gasteiger partial charge in [0.2, 0.25) is 11.3 Å². The van der Waals surface area contributed by atoms with Crippen molar-refractivity contribution in [2.24, 2.45) is 0 Å². The topological polar surface area (TPSA) is 94.8 Å². The minimum absolute atomic E-state index is 0.0286. The number of aliphatic carboxylic acids is 1. The summed E-state index contributed by atoms with van der Waals surface area (Å²) in [6.45, 7) is 1.61. The number of hydrogen-bond acceptors (Lipinski definition) is 6. The number of carbonyl (C=O) groups excluding carboxylic acids is 1. The summed E-state index contributed by atoms with van der Waals surface area (Å²) in [7, 11) is 6.09. The van der Waals surface area contributed by atoms with Gasteiger partial charge in [0.25, 0.3) is 0 Å². The van der Waals surface area contributed by atoms with Gasteiger partial charge in [-0.2, -0.15) is 0 Å². The van der Waals surface area contributed by atoms with Crippen molar-refractivity contribution >= 4 is 39.1 Å². The fourth-order valence-corrected chi connectivity index (χ4v) is 4.37. The highest BCUT2D eigenvalue weighted by molar-refractivity contribution is 7.21. The Labute approximate surface area is 197 Å². The van der Waals surface area contributed by atoms with Crippen LogP contribution in [0.4, 0.5) is 5.69 Å². The second kappa shape index (κ2) is 11.7. The number of nitrogens with one attached hydrogen (secondary N) is 1. The van der Waals surface area contributed by atoms with Gasteiger partial charge in [-0.15, -0.1) is 11.3 Å². The Morgan fingerprint density at radius 3 is 2.73 bits per heavy atom. The molecule has 1 aromatic rings. The van der Waals surface area contributed by atoms with Crippen LogP contribution in [0.25, 0.3) is 20.8 Å². The lowest BCUT2D eigenvalue weighted by atomic mass is 10.2. The molecule has 1 heterocycles. The van der Waals surface area contributed by atoms with E-state index in [2.05, 4.69) is 45.1 Å². The van der Waals surface area contributed by atoms with Crippen LogP contribution in [0.15, 0.2) is 36.4 Å². The molecule has 0 saturated carbocycles. The van der Waals surface area contributed by atoms with Gasteiger partial charge >= 0.3 is 5.97 Å². The monoisotopic (exact) mass is 471 g/mol. The van der Waals surface area contributed by atoms with Gasteiger partial charge < -0.3 is 20.1 Å². The summed E-state index contributed by atoms with van der Waals surface area (Å²) in [5, 5.41) is 12.5. The Bertz CT molecular complexity index is 1160. The van der Waals surface area contributed by atoms with E-state index in [0.717, 1.165) is 44.8 Å². The van der Waals surface area contributed by atoms with Crippen molar-refractivity contribution in [1.29, 1.82) is 0 Å². The van der Waals surface area contributed by atoms with Gasteiger partial charge in [-0.25, -0.2) is 9.56 Å². The lowest BCUT2D eigenvalue weighted by Gasteiger charge is -2.19. The highest BCUT2D eigenvalue weighted by atomic mass is 32.1. The molecule has 0 unspecified atom stereocenters. The number of nitrogens with zero attached hydrogens (tertiary/aromatic N) is 3. The van der Waals surface area contributed by atoms with E-state index in [4.69, 9.17) is 14.8 Å². The Balaban J connectivity index is 1.52. The van der Waals surface area contributed by atoms with Gasteiger partial charge in [-0.05, 0) is 30.7 Å². The van der Waals surface area contributed by atoms with Gasteiger partial charge in [-0.1, -0.05) is 0 Å². The van der Waals surface area contributed by atoms with Crippen molar-refractivity contribution in [1.82, 2.24) is 14.9 Å². The summed E-state index contributed by atoms with van der Waals surface area (Å²) in [6, 6.07) is 12.6.